The monoisotopic (exact) mass is 343 g/mol. The van der Waals surface area contributed by atoms with Crippen molar-refractivity contribution in [2.45, 2.75) is 6.18 Å². The smallest absolute Gasteiger partial charge is 0.267 e. The number of carbonyl (C=O) groups is 2. The summed E-state index contributed by atoms with van der Waals surface area (Å²) in [5.41, 5.74) is 3.22. The first-order valence-corrected chi connectivity index (χ1v) is 6.54. The van der Waals surface area contributed by atoms with E-state index < -0.39 is 23.7 Å². The summed E-state index contributed by atoms with van der Waals surface area (Å²) in [4.78, 5) is 26.6. The van der Waals surface area contributed by atoms with Gasteiger partial charge >= 0.3 is 6.18 Å². The molecule has 0 unspecified atom stereocenters. The van der Waals surface area contributed by atoms with E-state index in [-0.39, 0.29) is 11.1 Å². The standard InChI is InChI=1S/C14H9ClF3N3O2/c15-10-4-1-8(2-5-10)12(22)20-21-13(23)9-3-6-11(19-7-9)14(16,17)18/h1-7H,(H,20,22)(H,21,23). The average Bonchev–Trinajstić information content (AvgIpc) is 2.52. The lowest BCUT2D eigenvalue weighted by molar-refractivity contribution is -0.141. The average molecular weight is 344 g/mol. The number of aromatic nitrogens is 1. The molecular weight excluding hydrogens is 335 g/mol. The van der Waals surface area contributed by atoms with E-state index in [0.717, 1.165) is 12.3 Å². The van der Waals surface area contributed by atoms with Gasteiger partial charge in [-0.15, -0.1) is 0 Å². The Kier molecular flexibility index (Phi) is 4.85. The second-order valence-electron chi connectivity index (χ2n) is 4.35. The second kappa shape index (κ2) is 6.66. The molecule has 0 aliphatic heterocycles. The number of nitrogens with zero attached hydrogens (tertiary/aromatic N) is 1. The van der Waals surface area contributed by atoms with Crippen molar-refractivity contribution >= 4 is 23.4 Å². The van der Waals surface area contributed by atoms with Gasteiger partial charge in [0.2, 0.25) is 0 Å². The number of amides is 2. The highest BCUT2D eigenvalue weighted by Gasteiger charge is 2.32. The Morgan fingerprint density at radius 1 is 0.913 bits per heavy atom. The highest BCUT2D eigenvalue weighted by atomic mass is 35.5. The molecule has 0 fully saturated rings. The van der Waals surface area contributed by atoms with Crippen LogP contribution in [0.1, 0.15) is 26.4 Å². The third-order valence-electron chi connectivity index (χ3n) is 2.71. The molecule has 1 aromatic heterocycles. The van der Waals surface area contributed by atoms with Gasteiger partial charge in [0.1, 0.15) is 5.69 Å². The van der Waals surface area contributed by atoms with Crippen LogP contribution in [0.2, 0.25) is 5.02 Å². The summed E-state index contributed by atoms with van der Waals surface area (Å²) in [7, 11) is 0. The molecule has 5 nitrogen and oxygen atoms in total. The van der Waals surface area contributed by atoms with Gasteiger partial charge in [0.05, 0.1) is 5.56 Å². The van der Waals surface area contributed by atoms with E-state index in [1.807, 2.05) is 0 Å². The van der Waals surface area contributed by atoms with Crippen LogP contribution in [0.3, 0.4) is 0 Å². The van der Waals surface area contributed by atoms with Crippen LogP contribution in [0.5, 0.6) is 0 Å². The number of rotatable bonds is 2. The molecule has 0 saturated carbocycles. The minimum absolute atomic E-state index is 0.130. The van der Waals surface area contributed by atoms with Crippen LogP contribution in [0.15, 0.2) is 42.6 Å². The van der Waals surface area contributed by atoms with Gasteiger partial charge in [-0.2, -0.15) is 13.2 Å². The van der Waals surface area contributed by atoms with Gasteiger partial charge < -0.3 is 0 Å². The molecule has 2 N–H and O–H groups in total. The van der Waals surface area contributed by atoms with Crippen molar-refractivity contribution < 1.29 is 22.8 Å². The van der Waals surface area contributed by atoms with Gasteiger partial charge in [-0.25, -0.2) is 0 Å². The maximum absolute atomic E-state index is 12.4. The molecule has 1 aromatic carbocycles. The molecule has 0 spiro atoms. The Labute approximate surface area is 133 Å². The zero-order chi connectivity index (χ0) is 17.0. The largest absolute Gasteiger partial charge is 0.433 e. The number of nitrogens with one attached hydrogen (secondary N) is 2. The maximum atomic E-state index is 12.4. The third kappa shape index (κ3) is 4.43. The van der Waals surface area contributed by atoms with Gasteiger partial charge in [0, 0.05) is 16.8 Å². The number of alkyl halides is 3. The molecule has 2 aromatic rings. The molecular formula is C14H9ClF3N3O2. The molecule has 2 rings (SSSR count). The van der Waals surface area contributed by atoms with Crippen molar-refractivity contribution in [1.29, 1.82) is 0 Å². The normalized spacial score (nSPS) is 11.0. The van der Waals surface area contributed by atoms with Crippen LogP contribution >= 0.6 is 11.6 Å². The summed E-state index contributed by atoms with van der Waals surface area (Å²) in [5, 5.41) is 0.446. The van der Waals surface area contributed by atoms with Crippen LogP contribution < -0.4 is 10.9 Å². The van der Waals surface area contributed by atoms with Crippen LogP contribution in [-0.2, 0) is 6.18 Å². The first-order valence-electron chi connectivity index (χ1n) is 6.17. The van der Waals surface area contributed by atoms with Crippen molar-refractivity contribution in [2.75, 3.05) is 0 Å². The maximum Gasteiger partial charge on any atom is 0.433 e. The fourth-order valence-electron chi connectivity index (χ4n) is 1.55. The minimum atomic E-state index is -4.59. The van der Waals surface area contributed by atoms with Crippen molar-refractivity contribution in [3.05, 3.63) is 64.4 Å². The van der Waals surface area contributed by atoms with Gasteiger partial charge in [-0.05, 0) is 36.4 Å². The summed E-state index contributed by atoms with van der Waals surface area (Å²) in [5.74, 6) is -1.40. The number of halogens is 4. The number of pyridine rings is 1. The molecule has 0 radical (unpaired) electrons. The highest BCUT2D eigenvalue weighted by Crippen LogP contribution is 2.27. The number of hydrazine groups is 1. The fraction of sp³-hybridized carbons (Fsp3) is 0.0714. The first-order chi connectivity index (χ1) is 10.8. The lowest BCUT2D eigenvalue weighted by Crippen LogP contribution is -2.41. The lowest BCUT2D eigenvalue weighted by atomic mass is 10.2. The highest BCUT2D eigenvalue weighted by molar-refractivity contribution is 6.30. The Bertz CT molecular complexity index is 716. The Balaban J connectivity index is 1.97. The fourth-order valence-corrected chi connectivity index (χ4v) is 1.68. The van der Waals surface area contributed by atoms with Crippen molar-refractivity contribution in [2.24, 2.45) is 0 Å². The quantitative estimate of drug-likeness (QED) is 0.824. The van der Waals surface area contributed by atoms with E-state index in [1.165, 1.54) is 24.3 Å². The topological polar surface area (TPSA) is 71.1 Å². The number of hydrogen-bond donors (Lipinski definition) is 2. The summed E-state index contributed by atoms with van der Waals surface area (Å²) in [6.45, 7) is 0. The molecule has 0 atom stereocenters. The van der Waals surface area contributed by atoms with E-state index in [1.54, 1.807) is 0 Å². The molecule has 0 saturated heterocycles. The predicted octanol–water partition coefficient (Wildman–Crippen LogP) is 2.83. The Morgan fingerprint density at radius 3 is 1.91 bits per heavy atom. The number of carbonyl (C=O) groups excluding carboxylic acids is 2. The SMILES string of the molecule is O=C(NNC(=O)c1ccc(C(F)(F)F)nc1)c1ccc(Cl)cc1. The Hall–Kier alpha value is -2.61. The lowest BCUT2D eigenvalue weighted by Gasteiger charge is -2.08. The predicted molar refractivity (Wildman–Crippen MR) is 75.6 cm³/mol. The summed E-state index contributed by atoms with van der Waals surface area (Å²) < 4.78 is 37.1. The molecule has 1 heterocycles. The van der Waals surface area contributed by atoms with Gasteiger partial charge in [-0.1, -0.05) is 11.6 Å². The van der Waals surface area contributed by atoms with Crippen LogP contribution in [-0.4, -0.2) is 16.8 Å². The van der Waals surface area contributed by atoms with Crippen LogP contribution in [0.4, 0.5) is 13.2 Å². The zero-order valence-electron chi connectivity index (χ0n) is 11.3. The molecule has 0 aliphatic carbocycles. The summed E-state index contributed by atoms with van der Waals surface area (Å²) in [6, 6.07) is 7.53. The minimum Gasteiger partial charge on any atom is -0.267 e. The van der Waals surface area contributed by atoms with Crippen molar-refractivity contribution in [1.82, 2.24) is 15.8 Å². The number of benzene rings is 1. The first kappa shape index (κ1) is 16.8. The molecule has 0 aliphatic rings. The van der Waals surface area contributed by atoms with Crippen LogP contribution in [0.25, 0.3) is 0 Å². The van der Waals surface area contributed by atoms with Crippen LogP contribution in [0, 0.1) is 0 Å². The molecule has 0 bridgehead atoms. The van der Waals surface area contributed by atoms with Gasteiger partial charge in [0.15, 0.2) is 0 Å². The number of hydrogen-bond acceptors (Lipinski definition) is 3. The van der Waals surface area contributed by atoms with Crippen molar-refractivity contribution in [3.8, 4) is 0 Å². The summed E-state index contributed by atoms with van der Waals surface area (Å²) in [6.07, 6.45) is -3.82. The Morgan fingerprint density at radius 2 is 1.43 bits per heavy atom. The van der Waals surface area contributed by atoms with Crippen molar-refractivity contribution in [3.63, 3.8) is 0 Å². The van der Waals surface area contributed by atoms with Gasteiger partial charge in [0.25, 0.3) is 11.8 Å². The molecule has 2 amide bonds. The molecule has 120 valence electrons. The third-order valence-corrected chi connectivity index (χ3v) is 2.96. The van der Waals surface area contributed by atoms with E-state index >= 15 is 0 Å². The van der Waals surface area contributed by atoms with Gasteiger partial charge in [-0.3, -0.25) is 25.4 Å². The zero-order valence-corrected chi connectivity index (χ0v) is 12.1. The van der Waals surface area contributed by atoms with E-state index in [0.29, 0.717) is 11.1 Å². The second-order valence-corrected chi connectivity index (χ2v) is 4.78. The summed E-state index contributed by atoms with van der Waals surface area (Å²) >= 11 is 5.68. The van der Waals surface area contributed by atoms with E-state index in [2.05, 4.69) is 15.8 Å². The van der Waals surface area contributed by atoms with E-state index in [9.17, 15) is 22.8 Å². The van der Waals surface area contributed by atoms with E-state index in [4.69, 9.17) is 11.6 Å². The molecule has 23 heavy (non-hydrogen) atoms. The molecule has 9 heteroatoms.